The number of rotatable bonds is 9. The molecule has 0 aromatic carbocycles. The third kappa shape index (κ3) is 5.82. The van der Waals surface area contributed by atoms with Gasteiger partial charge in [0, 0.05) is 63.3 Å². The highest BCUT2D eigenvalue weighted by atomic mass is 16.2. The lowest BCUT2D eigenvalue weighted by molar-refractivity contribution is -0.125. The quantitative estimate of drug-likeness (QED) is 0.571. The minimum Gasteiger partial charge on any atom is -0.373 e. The van der Waals surface area contributed by atoms with Crippen LogP contribution in [0, 0.1) is 5.92 Å². The summed E-state index contributed by atoms with van der Waals surface area (Å²) in [7, 11) is 5.80. The second kappa shape index (κ2) is 10.2. The fourth-order valence-electron chi connectivity index (χ4n) is 4.29. The summed E-state index contributed by atoms with van der Waals surface area (Å²) in [5.41, 5.74) is 2.54. The molecule has 1 amide bonds. The van der Waals surface area contributed by atoms with E-state index in [-0.39, 0.29) is 17.5 Å². The third-order valence-corrected chi connectivity index (χ3v) is 6.34. The van der Waals surface area contributed by atoms with Crippen molar-refractivity contribution in [2.75, 3.05) is 57.5 Å². The zero-order valence-corrected chi connectivity index (χ0v) is 19.8. The largest absolute Gasteiger partial charge is 0.373 e. The highest BCUT2D eigenvalue weighted by Gasteiger charge is 2.34. The predicted molar refractivity (Wildman–Crippen MR) is 133 cm³/mol. The Labute approximate surface area is 195 Å². The molecule has 1 aliphatic heterocycles. The number of hydrogen-bond donors (Lipinski definition) is 2. The lowest BCUT2D eigenvalue weighted by atomic mass is 10.1. The van der Waals surface area contributed by atoms with Crippen molar-refractivity contribution in [3.05, 3.63) is 53.1 Å². The van der Waals surface area contributed by atoms with Gasteiger partial charge in [0.25, 0.3) is 5.56 Å². The Morgan fingerprint density at radius 3 is 2.82 bits per heavy atom. The predicted octanol–water partition coefficient (Wildman–Crippen LogP) is 2.41. The molecule has 3 heterocycles. The van der Waals surface area contributed by atoms with Gasteiger partial charge in [-0.15, -0.1) is 0 Å². The Morgan fingerprint density at radius 2 is 2.09 bits per heavy atom. The van der Waals surface area contributed by atoms with E-state index in [1.807, 2.05) is 55.2 Å². The van der Waals surface area contributed by atoms with Crippen LogP contribution in [-0.4, -0.2) is 79.0 Å². The van der Waals surface area contributed by atoms with Gasteiger partial charge in [-0.05, 0) is 63.0 Å². The molecule has 8 nitrogen and oxygen atoms in total. The molecular formula is C25H34N6O2. The average Bonchev–Trinajstić information content (AvgIpc) is 3.50. The number of aromatic nitrogens is 2. The monoisotopic (exact) mass is 450 g/mol. The number of carbonyl (C=O) groups is 1. The molecule has 33 heavy (non-hydrogen) atoms. The summed E-state index contributed by atoms with van der Waals surface area (Å²) in [5.74, 6) is 1.45. The molecule has 0 spiro atoms. The summed E-state index contributed by atoms with van der Waals surface area (Å²) in [6, 6.07) is 6.04. The molecule has 0 unspecified atom stereocenters. The molecule has 2 aliphatic rings. The van der Waals surface area contributed by atoms with E-state index in [2.05, 4.69) is 20.2 Å². The number of likely N-dealkylation sites (tertiary alicyclic amines) is 1. The van der Waals surface area contributed by atoms with Crippen LogP contribution < -0.4 is 15.8 Å². The maximum Gasteiger partial charge on any atom is 0.271 e. The summed E-state index contributed by atoms with van der Waals surface area (Å²) in [5, 5.41) is 3.06. The number of nitrogens with one attached hydrogen (secondary N) is 2. The number of hydrogen-bond acceptors (Lipinski definition) is 6. The molecule has 1 saturated carbocycles. The lowest BCUT2D eigenvalue weighted by Crippen LogP contribution is -2.42. The van der Waals surface area contributed by atoms with Crippen molar-refractivity contribution in [1.82, 2.24) is 19.8 Å². The molecule has 2 aromatic heterocycles. The minimum absolute atomic E-state index is 0.0461. The van der Waals surface area contributed by atoms with Crippen molar-refractivity contribution in [3.8, 4) is 11.1 Å². The van der Waals surface area contributed by atoms with Gasteiger partial charge in [0.1, 0.15) is 11.5 Å². The highest BCUT2D eigenvalue weighted by Crippen LogP contribution is 2.34. The fourth-order valence-corrected chi connectivity index (χ4v) is 4.29. The first kappa shape index (κ1) is 23.0. The number of nitrogens with zero attached hydrogens (tertiary/aromatic N) is 4. The van der Waals surface area contributed by atoms with Gasteiger partial charge in [-0.2, -0.15) is 0 Å². The van der Waals surface area contributed by atoms with Crippen molar-refractivity contribution in [3.63, 3.8) is 0 Å². The molecule has 2 aromatic rings. The van der Waals surface area contributed by atoms with Gasteiger partial charge in [0.2, 0.25) is 5.91 Å². The SMILES string of the molecule is CNc1cc(-c2c[nH]c(=O)c(N(CC3CC3)[C@H]3CCN(C(=O)/C=C/CN(C)C)C3)c2)ccn1. The van der Waals surface area contributed by atoms with E-state index < -0.39 is 0 Å². The molecule has 1 atom stereocenters. The maximum atomic E-state index is 12.9. The second-order valence-corrected chi connectivity index (χ2v) is 9.27. The Hall–Kier alpha value is -3.13. The van der Waals surface area contributed by atoms with Crippen molar-refractivity contribution in [2.45, 2.75) is 25.3 Å². The zero-order valence-electron chi connectivity index (χ0n) is 19.8. The van der Waals surface area contributed by atoms with E-state index in [0.29, 0.717) is 24.7 Å². The van der Waals surface area contributed by atoms with Crippen LogP contribution in [0.2, 0.25) is 0 Å². The summed E-state index contributed by atoms with van der Waals surface area (Å²) in [6.45, 7) is 2.95. The van der Waals surface area contributed by atoms with Gasteiger partial charge in [0.15, 0.2) is 0 Å². The van der Waals surface area contributed by atoms with Crippen LogP contribution in [0.25, 0.3) is 11.1 Å². The summed E-state index contributed by atoms with van der Waals surface area (Å²) < 4.78 is 0. The number of H-pyrrole nitrogens is 1. The van der Waals surface area contributed by atoms with E-state index >= 15 is 0 Å². The number of aromatic amines is 1. The van der Waals surface area contributed by atoms with Crippen molar-refractivity contribution < 1.29 is 4.79 Å². The van der Waals surface area contributed by atoms with Crippen molar-refractivity contribution in [1.29, 1.82) is 0 Å². The van der Waals surface area contributed by atoms with Gasteiger partial charge in [-0.3, -0.25) is 9.59 Å². The van der Waals surface area contributed by atoms with E-state index in [4.69, 9.17) is 0 Å². The van der Waals surface area contributed by atoms with Gasteiger partial charge < -0.3 is 25.0 Å². The Kier molecular flexibility index (Phi) is 7.13. The van der Waals surface area contributed by atoms with Crippen LogP contribution in [0.3, 0.4) is 0 Å². The fraction of sp³-hybridized carbons (Fsp3) is 0.480. The van der Waals surface area contributed by atoms with E-state index in [0.717, 1.165) is 36.5 Å². The maximum absolute atomic E-state index is 12.9. The molecule has 4 rings (SSSR count). The summed E-state index contributed by atoms with van der Waals surface area (Å²) in [4.78, 5) is 39.0. The Balaban J connectivity index is 1.56. The minimum atomic E-state index is -0.0852. The molecule has 1 saturated heterocycles. The van der Waals surface area contributed by atoms with Crippen LogP contribution >= 0.6 is 0 Å². The normalized spacial score (nSPS) is 18.3. The van der Waals surface area contributed by atoms with Crippen LogP contribution in [0.4, 0.5) is 11.5 Å². The average molecular weight is 451 g/mol. The first-order valence-corrected chi connectivity index (χ1v) is 11.7. The van der Waals surface area contributed by atoms with Gasteiger partial charge in [-0.1, -0.05) is 6.08 Å². The smallest absolute Gasteiger partial charge is 0.271 e. The highest BCUT2D eigenvalue weighted by molar-refractivity contribution is 5.88. The van der Waals surface area contributed by atoms with Gasteiger partial charge >= 0.3 is 0 Å². The summed E-state index contributed by atoms with van der Waals surface area (Å²) in [6.07, 6.45) is 10.4. The lowest BCUT2D eigenvalue weighted by Gasteiger charge is -2.31. The van der Waals surface area contributed by atoms with Crippen molar-refractivity contribution in [2.24, 2.45) is 5.92 Å². The molecule has 176 valence electrons. The Morgan fingerprint density at radius 1 is 1.27 bits per heavy atom. The number of carbonyl (C=O) groups excluding carboxylic acids is 1. The molecule has 1 aliphatic carbocycles. The van der Waals surface area contributed by atoms with Crippen molar-refractivity contribution >= 4 is 17.4 Å². The number of amides is 1. The molecule has 2 fully saturated rings. The standard InChI is InChI=1S/C25H34N6O2/c1-26-23-14-19(8-10-27-23)20-13-22(25(33)28-15-20)31(16-18-6-7-18)21-9-12-30(17-21)24(32)5-4-11-29(2)3/h4-5,8,10,13-15,18,21H,6-7,9,11-12,16-17H2,1-3H3,(H,26,27)(H,28,33)/b5-4+/t21-/m0/s1. The summed E-state index contributed by atoms with van der Waals surface area (Å²) >= 11 is 0. The number of anilines is 2. The Bertz CT molecular complexity index is 1060. The van der Waals surface area contributed by atoms with E-state index in [1.54, 1.807) is 18.5 Å². The van der Waals surface area contributed by atoms with Gasteiger partial charge in [0.05, 0.1) is 0 Å². The van der Waals surface area contributed by atoms with Gasteiger partial charge in [-0.25, -0.2) is 4.98 Å². The van der Waals surface area contributed by atoms with E-state index in [1.165, 1.54) is 12.8 Å². The third-order valence-electron chi connectivity index (χ3n) is 6.34. The van der Waals surface area contributed by atoms with Crippen LogP contribution in [0.15, 0.2) is 47.5 Å². The first-order chi connectivity index (χ1) is 15.9. The molecule has 0 radical (unpaired) electrons. The molecule has 2 N–H and O–H groups in total. The number of likely N-dealkylation sites (N-methyl/N-ethyl adjacent to an activating group) is 1. The molecule has 0 bridgehead atoms. The second-order valence-electron chi connectivity index (χ2n) is 9.27. The molecule has 8 heteroatoms. The van der Waals surface area contributed by atoms with E-state index in [9.17, 15) is 9.59 Å². The zero-order chi connectivity index (χ0) is 23.4. The number of pyridine rings is 2. The van der Waals surface area contributed by atoms with Crippen LogP contribution in [0.5, 0.6) is 0 Å². The van der Waals surface area contributed by atoms with Crippen LogP contribution in [0.1, 0.15) is 19.3 Å². The molecular weight excluding hydrogens is 416 g/mol. The topological polar surface area (TPSA) is 84.6 Å². The van der Waals surface area contributed by atoms with Crippen LogP contribution in [-0.2, 0) is 4.79 Å². The first-order valence-electron chi connectivity index (χ1n) is 11.7.